The lowest BCUT2D eigenvalue weighted by atomic mass is 9.92. The Labute approximate surface area is 87.6 Å². The molecule has 1 amide bonds. The summed E-state index contributed by atoms with van der Waals surface area (Å²) in [6, 6.07) is 0. The highest BCUT2D eigenvalue weighted by Gasteiger charge is 2.20. The Bertz CT molecular complexity index is 167. The smallest absolute Gasteiger partial charge is 0.225 e. The van der Waals surface area contributed by atoms with E-state index in [2.05, 4.69) is 13.8 Å². The van der Waals surface area contributed by atoms with E-state index < -0.39 is 0 Å². The highest BCUT2D eigenvalue weighted by molar-refractivity contribution is 5.78. The van der Waals surface area contributed by atoms with Crippen LogP contribution in [0.1, 0.15) is 33.1 Å². The van der Waals surface area contributed by atoms with Crippen molar-refractivity contribution in [2.75, 3.05) is 20.6 Å². The number of rotatable bonds is 6. The van der Waals surface area contributed by atoms with Crippen LogP contribution in [0.5, 0.6) is 0 Å². The van der Waals surface area contributed by atoms with E-state index in [4.69, 9.17) is 5.73 Å². The Morgan fingerprint density at radius 3 is 2.29 bits per heavy atom. The van der Waals surface area contributed by atoms with E-state index in [1.165, 1.54) is 0 Å². The van der Waals surface area contributed by atoms with Gasteiger partial charge in [-0.05, 0) is 31.7 Å². The molecular formula is C11H24N2O. The first-order valence-electron chi connectivity index (χ1n) is 5.40. The van der Waals surface area contributed by atoms with Gasteiger partial charge in [-0.1, -0.05) is 13.8 Å². The summed E-state index contributed by atoms with van der Waals surface area (Å²) in [6.45, 7) is 4.98. The maximum atomic E-state index is 11.8. The first kappa shape index (κ1) is 13.4. The summed E-state index contributed by atoms with van der Waals surface area (Å²) in [5, 5.41) is 0. The van der Waals surface area contributed by atoms with E-state index in [0.29, 0.717) is 12.5 Å². The molecule has 3 nitrogen and oxygen atoms in total. The number of carbonyl (C=O) groups excluding carboxylic acids is 1. The van der Waals surface area contributed by atoms with E-state index in [0.717, 1.165) is 19.3 Å². The fourth-order valence-corrected chi connectivity index (χ4v) is 1.64. The molecule has 0 aromatic rings. The van der Waals surface area contributed by atoms with Gasteiger partial charge in [0.05, 0.1) is 0 Å². The fraction of sp³-hybridized carbons (Fsp3) is 0.909. The Balaban J connectivity index is 4.15. The van der Waals surface area contributed by atoms with Gasteiger partial charge in [0, 0.05) is 20.0 Å². The summed E-state index contributed by atoms with van der Waals surface area (Å²) in [5.74, 6) is 0.974. The maximum Gasteiger partial charge on any atom is 0.225 e. The molecule has 0 aliphatic heterocycles. The second-order valence-electron chi connectivity index (χ2n) is 4.49. The molecule has 0 aliphatic rings. The zero-order valence-corrected chi connectivity index (χ0v) is 9.92. The number of hydrogen-bond donors (Lipinski definition) is 1. The van der Waals surface area contributed by atoms with Gasteiger partial charge in [-0.2, -0.15) is 0 Å². The number of nitrogens with two attached hydrogens (primary N) is 1. The van der Waals surface area contributed by atoms with Crippen molar-refractivity contribution in [3.63, 3.8) is 0 Å². The Morgan fingerprint density at radius 1 is 1.36 bits per heavy atom. The van der Waals surface area contributed by atoms with E-state index in [1.807, 2.05) is 14.1 Å². The quantitative estimate of drug-likeness (QED) is 0.706. The molecule has 0 aromatic heterocycles. The molecule has 2 N–H and O–H groups in total. The minimum absolute atomic E-state index is 0.161. The van der Waals surface area contributed by atoms with Gasteiger partial charge in [0.25, 0.3) is 0 Å². The van der Waals surface area contributed by atoms with Crippen molar-refractivity contribution >= 4 is 5.91 Å². The molecule has 0 saturated heterocycles. The molecule has 0 fully saturated rings. The van der Waals surface area contributed by atoms with Crippen LogP contribution in [0.2, 0.25) is 0 Å². The molecule has 3 heteroatoms. The second-order valence-corrected chi connectivity index (χ2v) is 4.49. The standard InChI is InChI=1S/C11H24N2O/c1-9(2)8-10(6-5-7-12)11(14)13(3)4/h9-10H,5-8,12H2,1-4H3. The minimum Gasteiger partial charge on any atom is -0.349 e. The highest BCUT2D eigenvalue weighted by Crippen LogP contribution is 2.18. The lowest BCUT2D eigenvalue weighted by molar-refractivity contribution is -0.133. The van der Waals surface area contributed by atoms with E-state index in [9.17, 15) is 4.79 Å². The van der Waals surface area contributed by atoms with Crippen molar-refractivity contribution in [2.24, 2.45) is 17.6 Å². The van der Waals surface area contributed by atoms with E-state index >= 15 is 0 Å². The predicted octanol–water partition coefficient (Wildman–Crippen LogP) is 1.48. The Hall–Kier alpha value is -0.570. The van der Waals surface area contributed by atoms with Gasteiger partial charge in [-0.3, -0.25) is 4.79 Å². The van der Waals surface area contributed by atoms with Crippen LogP contribution in [-0.2, 0) is 4.79 Å². The van der Waals surface area contributed by atoms with Crippen molar-refractivity contribution in [3.05, 3.63) is 0 Å². The predicted molar refractivity (Wildman–Crippen MR) is 59.9 cm³/mol. The molecular weight excluding hydrogens is 176 g/mol. The molecule has 1 atom stereocenters. The molecule has 84 valence electrons. The number of carbonyl (C=O) groups is 1. The molecule has 0 aliphatic carbocycles. The summed E-state index contributed by atoms with van der Waals surface area (Å²) in [6.07, 6.45) is 2.83. The molecule has 0 radical (unpaired) electrons. The molecule has 0 bridgehead atoms. The number of hydrogen-bond acceptors (Lipinski definition) is 2. The van der Waals surface area contributed by atoms with Gasteiger partial charge >= 0.3 is 0 Å². The van der Waals surface area contributed by atoms with E-state index in [-0.39, 0.29) is 11.8 Å². The highest BCUT2D eigenvalue weighted by atomic mass is 16.2. The summed E-state index contributed by atoms with van der Waals surface area (Å²) in [5.41, 5.74) is 5.46. The van der Waals surface area contributed by atoms with Crippen LogP contribution in [0.4, 0.5) is 0 Å². The number of nitrogens with zero attached hydrogens (tertiary/aromatic N) is 1. The third kappa shape index (κ3) is 5.22. The van der Waals surface area contributed by atoms with Crippen LogP contribution < -0.4 is 5.73 Å². The van der Waals surface area contributed by atoms with Crippen molar-refractivity contribution in [3.8, 4) is 0 Å². The second kappa shape index (κ2) is 6.82. The summed E-state index contributed by atoms with van der Waals surface area (Å²) < 4.78 is 0. The third-order valence-corrected chi connectivity index (χ3v) is 2.30. The third-order valence-electron chi connectivity index (χ3n) is 2.30. The van der Waals surface area contributed by atoms with Gasteiger partial charge < -0.3 is 10.6 Å². The fourth-order valence-electron chi connectivity index (χ4n) is 1.64. The topological polar surface area (TPSA) is 46.3 Å². The van der Waals surface area contributed by atoms with Crippen molar-refractivity contribution in [1.29, 1.82) is 0 Å². The summed E-state index contributed by atoms with van der Waals surface area (Å²) in [7, 11) is 3.64. The first-order valence-corrected chi connectivity index (χ1v) is 5.40. The minimum atomic E-state index is 0.161. The van der Waals surface area contributed by atoms with Crippen molar-refractivity contribution in [1.82, 2.24) is 4.90 Å². The van der Waals surface area contributed by atoms with Crippen LogP contribution in [0.3, 0.4) is 0 Å². The molecule has 0 aromatic carbocycles. The molecule has 1 unspecified atom stereocenters. The Morgan fingerprint density at radius 2 is 1.93 bits per heavy atom. The van der Waals surface area contributed by atoms with Crippen LogP contribution >= 0.6 is 0 Å². The Kier molecular flexibility index (Phi) is 6.54. The normalized spacial score (nSPS) is 13.0. The first-order chi connectivity index (χ1) is 6.49. The average Bonchev–Trinajstić information content (AvgIpc) is 2.10. The van der Waals surface area contributed by atoms with Gasteiger partial charge in [-0.25, -0.2) is 0 Å². The molecule has 0 heterocycles. The van der Waals surface area contributed by atoms with E-state index in [1.54, 1.807) is 4.90 Å². The maximum absolute atomic E-state index is 11.8. The lowest BCUT2D eigenvalue weighted by Gasteiger charge is -2.21. The van der Waals surface area contributed by atoms with Gasteiger partial charge in [0.1, 0.15) is 0 Å². The van der Waals surface area contributed by atoms with Crippen LogP contribution in [0, 0.1) is 11.8 Å². The largest absolute Gasteiger partial charge is 0.349 e. The molecule has 0 rings (SSSR count). The van der Waals surface area contributed by atoms with Gasteiger partial charge in [0.2, 0.25) is 5.91 Å². The summed E-state index contributed by atoms with van der Waals surface area (Å²) >= 11 is 0. The van der Waals surface area contributed by atoms with Crippen molar-refractivity contribution < 1.29 is 4.79 Å². The zero-order valence-electron chi connectivity index (χ0n) is 9.92. The monoisotopic (exact) mass is 200 g/mol. The average molecular weight is 200 g/mol. The summed E-state index contributed by atoms with van der Waals surface area (Å²) in [4.78, 5) is 13.5. The van der Waals surface area contributed by atoms with Crippen LogP contribution in [-0.4, -0.2) is 31.4 Å². The van der Waals surface area contributed by atoms with Gasteiger partial charge in [0.15, 0.2) is 0 Å². The zero-order chi connectivity index (χ0) is 11.1. The van der Waals surface area contributed by atoms with Crippen LogP contribution in [0.15, 0.2) is 0 Å². The molecule has 14 heavy (non-hydrogen) atoms. The molecule has 0 spiro atoms. The van der Waals surface area contributed by atoms with Crippen molar-refractivity contribution in [2.45, 2.75) is 33.1 Å². The van der Waals surface area contributed by atoms with Gasteiger partial charge in [-0.15, -0.1) is 0 Å². The SMILES string of the molecule is CC(C)CC(CCCN)C(=O)N(C)C. The molecule has 0 saturated carbocycles. The number of amides is 1. The van der Waals surface area contributed by atoms with Crippen LogP contribution in [0.25, 0.3) is 0 Å². The lowest BCUT2D eigenvalue weighted by Crippen LogP contribution is -2.30.